The van der Waals surface area contributed by atoms with Crippen molar-refractivity contribution in [2.75, 3.05) is 13.6 Å². The number of hydrogen-bond donors (Lipinski definition) is 1. The molecule has 1 nitrogen and oxygen atoms in total. The van der Waals surface area contributed by atoms with Gasteiger partial charge < -0.3 is 5.32 Å². The summed E-state index contributed by atoms with van der Waals surface area (Å²) < 4.78 is 1.15. The third kappa shape index (κ3) is 2.55. The first kappa shape index (κ1) is 13.8. The lowest BCUT2D eigenvalue weighted by Gasteiger charge is -2.49. The maximum atomic E-state index is 3.52. The molecule has 2 heteroatoms. The smallest absolute Gasteiger partial charge is 0.0175 e. The quantitative estimate of drug-likeness (QED) is 0.871. The lowest BCUT2D eigenvalue weighted by molar-refractivity contribution is 0.198. The molecule has 2 aromatic rings. The standard InChI is InChI=1S/C18H20BrN/c1-20-13-18(16-7-9-17(19)10-8-16)11-15(12-18)14-5-3-2-4-6-14/h2-10,15,20H,11-13H2,1H3. The van der Waals surface area contributed by atoms with Crippen LogP contribution < -0.4 is 5.32 Å². The average molecular weight is 330 g/mol. The van der Waals surface area contributed by atoms with E-state index in [-0.39, 0.29) is 0 Å². The van der Waals surface area contributed by atoms with Crippen molar-refractivity contribution in [1.29, 1.82) is 0 Å². The van der Waals surface area contributed by atoms with E-state index in [4.69, 9.17) is 0 Å². The highest BCUT2D eigenvalue weighted by Gasteiger charge is 2.45. The lowest BCUT2D eigenvalue weighted by Crippen LogP contribution is -2.46. The van der Waals surface area contributed by atoms with Crippen LogP contribution in [-0.4, -0.2) is 13.6 Å². The van der Waals surface area contributed by atoms with Gasteiger partial charge in [-0.05, 0) is 49.1 Å². The Kier molecular flexibility index (Phi) is 3.95. The lowest BCUT2D eigenvalue weighted by atomic mass is 9.57. The predicted octanol–water partition coefficient (Wildman–Crippen LogP) is 4.48. The molecule has 0 spiro atoms. The minimum atomic E-state index is 0.302. The number of rotatable bonds is 4. The van der Waals surface area contributed by atoms with Crippen LogP contribution in [0.4, 0.5) is 0 Å². The number of hydrogen-bond acceptors (Lipinski definition) is 1. The minimum Gasteiger partial charge on any atom is -0.319 e. The number of likely N-dealkylation sites (N-methyl/N-ethyl adjacent to an activating group) is 1. The van der Waals surface area contributed by atoms with Crippen LogP contribution in [0.2, 0.25) is 0 Å². The zero-order valence-corrected chi connectivity index (χ0v) is 13.4. The first-order valence-electron chi connectivity index (χ1n) is 7.19. The number of halogens is 1. The summed E-state index contributed by atoms with van der Waals surface area (Å²) in [4.78, 5) is 0. The van der Waals surface area contributed by atoms with Crippen LogP contribution in [0, 0.1) is 0 Å². The Morgan fingerprint density at radius 1 is 1.05 bits per heavy atom. The van der Waals surface area contributed by atoms with Crippen molar-refractivity contribution in [1.82, 2.24) is 5.32 Å². The topological polar surface area (TPSA) is 12.0 Å². The zero-order chi connectivity index (χ0) is 14.0. The summed E-state index contributed by atoms with van der Waals surface area (Å²) in [6, 6.07) is 19.7. The fraction of sp³-hybridized carbons (Fsp3) is 0.333. The predicted molar refractivity (Wildman–Crippen MR) is 88.2 cm³/mol. The Labute approximate surface area is 129 Å². The van der Waals surface area contributed by atoms with E-state index in [2.05, 4.69) is 82.9 Å². The second-order valence-electron chi connectivity index (χ2n) is 5.83. The van der Waals surface area contributed by atoms with E-state index in [1.54, 1.807) is 0 Å². The van der Waals surface area contributed by atoms with Crippen LogP contribution in [0.1, 0.15) is 29.9 Å². The first-order valence-corrected chi connectivity index (χ1v) is 7.98. The van der Waals surface area contributed by atoms with Crippen molar-refractivity contribution in [2.45, 2.75) is 24.2 Å². The SMILES string of the molecule is CNCC1(c2ccc(Br)cc2)CC(c2ccccc2)C1. The van der Waals surface area contributed by atoms with Gasteiger partial charge >= 0.3 is 0 Å². The van der Waals surface area contributed by atoms with Crippen molar-refractivity contribution in [3.05, 3.63) is 70.2 Å². The Morgan fingerprint density at radius 2 is 1.70 bits per heavy atom. The molecule has 1 aliphatic carbocycles. The van der Waals surface area contributed by atoms with Crippen LogP contribution in [0.15, 0.2) is 59.1 Å². The fourth-order valence-electron chi connectivity index (χ4n) is 3.47. The molecule has 2 aromatic carbocycles. The van der Waals surface area contributed by atoms with Gasteiger partial charge in [0.15, 0.2) is 0 Å². The van der Waals surface area contributed by atoms with Crippen LogP contribution in [0.25, 0.3) is 0 Å². The maximum absolute atomic E-state index is 3.52. The van der Waals surface area contributed by atoms with Crippen LogP contribution in [0.5, 0.6) is 0 Å². The van der Waals surface area contributed by atoms with Gasteiger partial charge in [-0.2, -0.15) is 0 Å². The third-order valence-electron chi connectivity index (χ3n) is 4.52. The molecule has 0 saturated heterocycles. The van der Waals surface area contributed by atoms with E-state index in [0.717, 1.165) is 11.0 Å². The van der Waals surface area contributed by atoms with Gasteiger partial charge in [-0.25, -0.2) is 0 Å². The molecular formula is C18H20BrN. The van der Waals surface area contributed by atoms with Crippen molar-refractivity contribution in [2.24, 2.45) is 0 Å². The number of nitrogens with one attached hydrogen (secondary N) is 1. The Morgan fingerprint density at radius 3 is 2.30 bits per heavy atom. The normalized spacial score (nSPS) is 25.2. The third-order valence-corrected chi connectivity index (χ3v) is 5.05. The van der Waals surface area contributed by atoms with Crippen molar-refractivity contribution in [3.8, 4) is 0 Å². The largest absolute Gasteiger partial charge is 0.319 e. The highest BCUT2D eigenvalue weighted by atomic mass is 79.9. The van der Waals surface area contributed by atoms with Gasteiger partial charge in [-0.3, -0.25) is 0 Å². The molecule has 20 heavy (non-hydrogen) atoms. The van der Waals surface area contributed by atoms with E-state index in [1.165, 1.54) is 24.0 Å². The Bertz CT molecular complexity index is 556. The molecule has 1 saturated carbocycles. The molecular weight excluding hydrogens is 310 g/mol. The van der Waals surface area contributed by atoms with Gasteiger partial charge in [-0.1, -0.05) is 58.4 Å². The molecule has 0 amide bonds. The van der Waals surface area contributed by atoms with Crippen LogP contribution >= 0.6 is 15.9 Å². The fourth-order valence-corrected chi connectivity index (χ4v) is 3.73. The second-order valence-corrected chi connectivity index (χ2v) is 6.75. The van der Waals surface area contributed by atoms with E-state index in [0.29, 0.717) is 11.3 Å². The van der Waals surface area contributed by atoms with Crippen LogP contribution in [-0.2, 0) is 5.41 Å². The molecule has 0 radical (unpaired) electrons. The van der Waals surface area contributed by atoms with E-state index < -0.39 is 0 Å². The summed E-state index contributed by atoms with van der Waals surface area (Å²) >= 11 is 3.52. The molecule has 1 N–H and O–H groups in total. The Hall–Kier alpha value is -1.12. The van der Waals surface area contributed by atoms with Crippen molar-refractivity contribution >= 4 is 15.9 Å². The molecule has 3 rings (SSSR count). The molecule has 0 heterocycles. The molecule has 0 bridgehead atoms. The Balaban J connectivity index is 1.81. The molecule has 0 unspecified atom stereocenters. The van der Waals surface area contributed by atoms with E-state index >= 15 is 0 Å². The highest BCUT2D eigenvalue weighted by molar-refractivity contribution is 9.10. The average Bonchev–Trinajstić information content (AvgIpc) is 2.44. The molecule has 1 aliphatic rings. The maximum Gasteiger partial charge on any atom is 0.0175 e. The monoisotopic (exact) mass is 329 g/mol. The summed E-state index contributed by atoms with van der Waals surface area (Å²) in [6.07, 6.45) is 2.47. The van der Waals surface area contributed by atoms with Gasteiger partial charge in [-0.15, -0.1) is 0 Å². The van der Waals surface area contributed by atoms with Gasteiger partial charge in [0.2, 0.25) is 0 Å². The first-order chi connectivity index (χ1) is 9.73. The summed E-state index contributed by atoms with van der Waals surface area (Å²) in [5.41, 5.74) is 3.24. The molecule has 0 aliphatic heterocycles. The molecule has 1 fully saturated rings. The summed E-state index contributed by atoms with van der Waals surface area (Å²) in [5, 5.41) is 3.38. The van der Waals surface area contributed by atoms with E-state index in [1.807, 2.05) is 0 Å². The van der Waals surface area contributed by atoms with Crippen molar-refractivity contribution in [3.63, 3.8) is 0 Å². The summed E-state index contributed by atoms with van der Waals surface area (Å²) in [5.74, 6) is 0.702. The van der Waals surface area contributed by atoms with Crippen molar-refractivity contribution < 1.29 is 0 Å². The van der Waals surface area contributed by atoms with Gasteiger partial charge in [0.05, 0.1) is 0 Å². The highest BCUT2D eigenvalue weighted by Crippen LogP contribution is 2.52. The number of benzene rings is 2. The summed E-state index contributed by atoms with van der Waals surface area (Å²) in [7, 11) is 2.05. The summed E-state index contributed by atoms with van der Waals surface area (Å²) in [6.45, 7) is 1.05. The molecule has 0 aromatic heterocycles. The van der Waals surface area contributed by atoms with E-state index in [9.17, 15) is 0 Å². The molecule has 0 atom stereocenters. The second kappa shape index (κ2) is 5.71. The zero-order valence-electron chi connectivity index (χ0n) is 11.8. The van der Waals surface area contributed by atoms with Gasteiger partial charge in [0.25, 0.3) is 0 Å². The molecule has 104 valence electrons. The van der Waals surface area contributed by atoms with Crippen LogP contribution in [0.3, 0.4) is 0 Å². The van der Waals surface area contributed by atoms with Gasteiger partial charge in [0, 0.05) is 16.4 Å². The van der Waals surface area contributed by atoms with Gasteiger partial charge in [0.1, 0.15) is 0 Å². The minimum absolute atomic E-state index is 0.302.